The first-order chi connectivity index (χ1) is 9.02. The van der Waals surface area contributed by atoms with Gasteiger partial charge in [-0.25, -0.2) is 8.42 Å². The van der Waals surface area contributed by atoms with E-state index in [9.17, 15) is 8.42 Å². The number of sulfone groups is 1. The normalized spacial score (nSPS) is 25.6. The molecule has 0 aliphatic carbocycles. The summed E-state index contributed by atoms with van der Waals surface area (Å²) in [5.74, 6) is 0.645. The second kappa shape index (κ2) is 8.22. The Bertz CT molecular complexity index is 343. The highest BCUT2D eigenvalue weighted by molar-refractivity contribution is 7.91. The Morgan fingerprint density at radius 2 is 1.89 bits per heavy atom. The molecule has 1 heterocycles. The van der Waals surface area contributed by atoms with E-state index >= 15 is 0 Å². The number of piperazine rings is 1. The maximum Gasteiger partial charge on any atom is 0.151 e. The number of nitrogens with one attached hydrogen (secondary N) is 1. The average molecular weight is 290 g/mol. The Kier molecular flexibility index (Phi) is 7.32. The highest BCUT2D eigenvalue weighted by Gasteiger charge is 2.27. The molecule has 0 radical (unpaired) electrons. The number of rotatable bonds is 8. The molecular weight excluding hydrogens is 260 g/mol. The fraction of sp³-hybridized carbons (Fsp3) is 1.00. The minimum absolute atomic E-state index is 0.317. The van der Waals surface area contributed by atoms with Gasteiger partial charge in [0.1, 0.15) is 0 Å². The zero-order chi connectivity index (χ0) is 14.3. The zero-order valence-electron chi connectivity index (χ0n) is 12.7. The summed E-state index contributed by atoms with van der Waals surface area (Å²) >= 11 is 0. The Hall–Kier alpha value is -0.130. The molecule has 2 atom stereocenters. The van der Waals surface area contributed by atoms with Gasteiger partial charge in [-0.15, -0.1) is 0 Å². The van der Waals surface area contributed by atoms with Crippen LogP contribution in [0.5, 0.6) is 0 Å². The van der Waals surface area contributed by atoms with Crippen molar-refractivity contribution in [3.8, 4) is 0 Å². The molecule has 0 bridgehead atoms. The van der Waals surface area contributed by atoms with Gasteiger partial charge in [-0.1, -0.05) is 27.2 Å². The fourth-order valence-corrected chi connectivity index (χ4v) is 4.10. The van der Waals surface area contributed by atoms with Crippen molar-refractivity contribution in [2.75, 3.05) is 31.1 Å². The molecule has 1 rings (SSSR count). The average Bonchev–Trinajstić information content (AvgIpc) is 2.38. The first-order valence-electron chi connectivity index (χ1n) is 7.70. The number of hydrogen-bond donors (Lipinski definition) is 1. The van der Waals surface area contributed by atoms with Gasteiger partial charge in [-0.3, -0.25) is 4.90 Å². The number of nitrogens with zero attached hydrogens (tertiary/aromatic N) is 1. The van der Waals surface area contributed by atoms with Crippen LogP contribution < -0.4 is 5.32 Å². The van der Waals surface area contributed by atoms with Crippen LogP contribution in [0, 0.1) is 0 Å². The largest absolute Gasteiger partial charge is 0.311 e. The van der Waals surface area contributed by atoms with Crippen molar-refractivity contribution in [1.82, 2.24) is 10.2 Å². The van der Waals surface area contributed by atoms with Crippen molar-refractivity contribution >= 4 is 9.84 Å². The Labute approximate surface area is 118 Å². The maximum atomic E-state index is 11.8. The van der Waals surface area contributed by atoms with Crippen LogP contribution in [0.4, 0.5) is 0 Å². The van der Waals surface area contributed by atoms with Gasteiger partial charge in [0, 0.05) is 37.5 Å². The third-order valence-corrected chi connectivity index (χ3v) is 5.77. The van der Waals surface area contributed by atoms with E-state index in [2.05, 4.69) is 24.1 Å². The molecule has 0 aromatic carbocycles. The second-order valence-corrected chi connectivity index (χ2v) is 7.91. The van der Waals surface area contributed by atoms with Crippen LogP contribution >= 0.6 is 0 Å². The molecular formula is C14H30N2O2S. The standard InChI is InChI=1S/C14H30N2O2S/c1-4-7-14-11-15-13(6-3)12-16(14)8-10-19(17,18)9-5-2/h13-15H,4-12H2,1-3H3. The molecule has 1 aliphatic heterocycles. The summed E-state index contributed by atoms with van der Waals surface area (Å²) in [7, 11) is -2.86. The van der Waals surface area contributed by atoms with Gasteiger partial charge in [0.25, 0.3) is 0 Å². The van der Waals surface area contributed by atoms with Crippen molar-refractivity contribution in [1.29, 1.82) is 0 Å². The van der Waals surface area contributed by atoms with E-state index < -0.39 is 9.84 Å². The van der Waals surface area contributed by atoms with E-state index in [0.29, 0.717) is 30.1 Å². The molecule has 1 aliphatic rings. The maximum absolute atomic E-state index is 11.8. The van der Waals surface area contributed by atoms with E-state index in [1.807, 2.05) is 6.92 Å². The van der Waals surface area contributed by atoms with Gasteiger partial charge in [-0.05, 0) is 19.3 Å². The second-order valence-electron chi connectivity index (χ2n) is 5.60. The van der Waals surface area contributed by atoms with E-state index in [1.54, 1.807) is 0 Å². The van der Waals surface area contributed by atoms with Gasteiger partial charge in [-0.2, -0.15) is 0 Å². The minimum Gasteiger partial charge on any atom is -0.311 e. The monoisotopic (exact) mass is 290 g/mol. The summed E-state index contributed by atoms with van der Waals surface area (Å²) in [6, 6.07) is 1.02. The summed E-state index contributed by atoms with van der Waals surface area (Å²) in [5, 5.41) is 3.56. The summed E-state index contributed by atoms with van der Waals surface area (Å²) in [6.45, 7) is 8.99. The Morgan fingerprint density at radius 3 is 2.47 bits per heavy atom. The summed E-state index contributed by atoms with van der Waals surface area (Å²) in [5.41, 5.74) is 0. The molecule has 4 nitrogen and oxygen atoms in total. The smallest absolute Gasteiger partial charge is 0.151 e. The van der Waals surface area contributed by atoms with E-state index in [-0.39, 0.29) is 0 Å². The summed E-state index contributed by atoms with van der Waals surface area (Å²) in [6.07, 6.45) is 4.13. The minimum atomic E-state index is -2.86. The predicted octanol–water partition coefficient (Wildman–Crippen LogP) is 1.66. The molecule has 1 fully saturated rings. The van der Waals surface area contributed by atoms with Crippen LogP contribution in [0.1, 0.15) is 46.5 Å². The van der Waals surface area contributed by atoms with Crippen molar-refractivity contribution in [2.24, 2.45) is 0 Å². The van der Waals surface area contributed by atoms with Crippen LogP contribution in [0.3, 0.4) is 0 Å². The van der Waals surface area contributed by atoms with Crippen molar-refractivity contribution in [3.05, 3.63) is 0 Å². The molecule has 0 aromatic rings. The van der Waals surface area contributed by atoms with Crippen LogP contribution in [-0.4, -0.2) is 56.5 Å². The lowest BCUT2D eigenvalue weighted by Crippen LogP contribution is -2.57. The molecule has 1 N–H and O–H groups in total. The fourth-order valence-electron chi connectivity index (χ4n) is 2.76. The Balaban J connectivity index is 2.54. The quantitative estimate of drug-likeness (QED) is 0.739. The van der Waals surface area contributed by atoms with Gasteiger partial charge >= 0.3 is 0 Å². The van der Waals surface area contributed by atoms with E-state index in [0.717, 1.165) is 38.8 Å². The summed E-state index contributed by atoms with van der Waals surface area (Å²) < 4.78 is 23.7. The third-order valence-electron chi connectivity index (χ3n) is 3.93. The van der Waals surface area contributed by atoms with E-state index in [1.165, 1.54) is 0 Å². The van der Waals surface area contributed by atoms with Gasteiger partial charge in [0.15, 0.2) is 9.84 Å². The SMILES string of the molecule is CCCC1CNC(CC)CN1CCS(=O)(=O)CCC. The molecule has 2 unspecified atom stereocenters. The van der Waals surface area contributed by atoms with Gasteiger partial charge in [0.2, 0.25) is 0 Å². The van der Waals surface area contributed by atoms with Gasteiger partial charge < -0.3 is 5.32 Å². The van der Waals surface area contributed by atoms with Crippen molar-refractivity contribution in [2.45, 2.75) is 58.5 Å². The first-order valence-corrected chi connectivity index (χ1v) is 9.52. The van der Waals surface area contributed by atoms with Crippen molar-refractivity contribution < 1.29 is 8.42 Å². The van der Waals surface area contributed by atoms with E-state index in [4.69, 9.17) is 0 Å². The third kappa shape index (κ3) is 5.79. The molecule has 0 aromatic heterocycles. The Morgan fingerprint density at radius 1 is 1.16 bits per heavy atom. The lowest BCUT2D eigenvalue weighted by atomic mass is 10.0. The molecule has 19 heavy (non-hydrogen) atoms. The molecule has 5 heteroatoms. The zero-order valence-corrected chi connectivity index (χ0v) is 13.5. The van der Waals surface area contributed by atoms with Crippen LogP contribution in [0.25, 0.3) is 0 Å². The number of hydrogen-bond acceptors (Lipinski definition) is 4. The first kappa shape index (κ1) is 16.9. The lowest BCUT2D eigenvalue weighted by molar-refractivity contribution is 0.128. The van der Waals surface area contributed by atoms with Crippen LogP contribution in [0.15, 0.2) is 0 Å². The highest BCUT2D eigenvalue weighted by atomic mass is 32.2. The molecule has 0 saturated carbocycles. The van der Waals surface area contributed by atoms with Gasteiger partial charge in [0.05, 0.1) is 5.75 Å². The molecule has 0 amide bonds. The lowest BCUT2D eigenvalue weighted by Gasteiger charge is -2.40. The van der Waals surface area contributed by atoms with Crippen LogP contribution in [0.2, 0.25) is 0 Å². The van der Waals surface area contributed by atoms with Crippen LogP contribution in [-0.2, 0) is 9.84 Å². The molecule has 1 saturated heterocycles. The molecule has 0 spiro atoms. The predicted molar refractivity (Wildman–Crippen MR) is 81.3 cm³/mol. The topological polar surface area (TPSA) is 49.4 Å². The molecule has 114 valence electrons. The highest BCUT2D eigenvalue weighted by Crippen LogP contribution is 2.14. The van der Waals surface area contributed by atoms with Crippen molar-refractivity contribution in [3.63, 3.8) is 0 Å². The summed E-state index contributed by atoms with van der Waals surface area (Å²) in [4.78, 5) is 2.39.